The second-order valence-electron chi connectivity index (χ2n) is 4.87. The summed E-state index contributed by atoms with van der Waals surface area (Å²) < 4.78 is 25.2. The van der Waals surface area contributed by atoms with Gasteiger partial charge in [-0.15, -0.1) is 0 Å². The van der Waals surface area contributed by atoms with E-state index in [2.05, 4.69) is 4.98 Å². The number of H-pyrrole nitrogens is 1. The zero-order valence-corrected chi connectivity index (χ0v) is 12.7. The number of carbonyl (C=O) groups excluding carboxylic acids is 1. The molecule has 0 bridgehead atoms. The van der Waals surface area contributed by atoms with E-state index in [-0.39, 0.29) is 16.3 Å². The average molecular weight is 309 g/mol. The van der Waals surface area contributed by atoms with Crippen molar-refractivity contribution in [3.05, 3.63) is 30.0 Å². The molecule has 0 fully saturated rings. The maximum absolute atomic E-state index is 12.6. The van der Waals surface area contributed by atoms with Gasteiger partial charge in [0.05, 0.1) is 5.75 Å². The summed E-state index contributed by atoms with van der Waals surface area (Å²) in [4.78, 5) is 14.7. The Balaban J connectivity index is 2.57. The van der Waals surface area contributed by atoms with Gasteiger partial charge in [0.25, 0.3) is 5.91 Å². The number of sulfone groups is 1. The molecule has 0 radical (unpaired) electrons. The number of nitrogens with two attached hydrogens (primary N) is 1. The first-order valence-corrected chi connectivity index (χ1v) is 8.51. The number of hydrogen-bond acceptors (Lipinski definition) is 4. The molecule has 0 aliphatic carbocycles. The highest BCUT2D eigenvalue weighted by molar-refractivity contribution is 7.91. The van der Waals surface area contributed by atoms with Gasteiger partial charge in [0.1, 0.15) is 10.6 Å². The summed E-state index contributed by atoms with van der Waals surface area (Å²) in [6.45, 7) is 2.01. The average Bonchev–Trinajstić information content (AvgIpc) is 2.86. The highest BCUT2D eigenvalue weighted by Crippen LogP contribution is 2.28. The number of para-hydroxylation sites is 1. The van der Waals surface area contributed by atoms with E-state index >= 15 is 0 Å². The summed E-state index contributed by atoms with van der Waals surface area (Å²) in [5, 5.41) is 0.521. The maximum Gasteiger partial charge on any atom is 0.282 e. The number of aromatic nitrogens is 1. The number of hydrogen-bond donors (Lipinski definition) is 3. The van der Waals surface area contributed by atoms with Crippen LogP contribution in [-0.4, -0.2) is 25.1 Å². The maximum atomic E-state index is 12.6. The summed E-state index contributed by atoms with van der Waals surface area (Å²) in [7, 11) is -3.55. The monoisotopic (exact) mass is 309 g/mol. The molecular formula is C14H19N3O3S. The van der Waals surface area contributed by atoms with Crippen molar-refractivity contribution in [3.63, 3.8) is 0 Å². The molecule has 114 valence electrons. The number of benzene rings is 1. The Kier molecular flexibility index (Phi) is 4.64. The van der Waals surface area contributed by atoms with Gasteiger partial charge >= 0.3 is 0 Å². The molecule has 1 aromatic carbocycles. The van der Waals surface area contributed by atoms with E-state index in [1.165, 1.54) is 0 Å². The highest BCUT2D eigenvalue weighted by atomic mass is 32.2. The van der Waals surface area contributed by atoms with Crippen LogP contribution < -0.4 is 11.3 Å². The van der Waals surface area contributed by atoms with Crippen LogP contribution in [0.5, 0.6) is 0 Å². The third-order valence-corrected chi connectivity index (χ3v) is 5.22. The lowest BCUT2D eigenvalue weighted by atomic mass is 10.2. The lowest BCUT2D eigenvalue weighted by Crippen LogP contribution is -2.31. The van der Waals surface area contributed by atoms with E-state index in [4.69, 9.17) is 5.84 Å². The first kappa shape index (κ1) is 15.5. The van der Waals surface area contributed by atoms with E-state index in [0.29, 0.717) is 17.3 Å². The van der Waals surface area contributed by atoms with Crippen molar-refractivity contribution >= 4 is 26.6 Å². The molecule has 1 aromatic heterocycles. The van der Waals surface area contributed by atoms with Gasteiger partial charge in [-0.3, -0.25) is 10.2 Å². The van der Waals surface area contributed by atoms with Crippen molar-refractivity contribution in [2.24, 2.45) is 5.84 Å². The molecule has 0 saturated carbocycles. The van der Waals surface area contributed by atoms with Gasteiger partial charge < -0.3 is 4.98 Å². The van der Waals surface area contributed by atoms with Gasteiger partial charge in [-0.05, 0) is 12.5 Å². The molecule has 21 heavy (non-hydrogen) atoms. The minimum atomic E-state index is -3.55. The molecule has 0 aliphatic rings. The Morgan fingerprint density at radius 1 is 1.29 bits per heavy atom. The Bertz CT molecular complexity index is 750. The number of amides is 1. The lowest BCUT2D eigenvalue weighted by molar-refractivity contribution is 0.0946. The largest absolute Gasteiger partial charge is 0.349 e. The van der Waals surface area contributed by atoms with E-state index < -0.39 is 15.7 Å². The minimum absolute atomic E-state index is 0.00445. The SMILES string of the molecule is CCCCCS(=O)(=O)c1c(C(=O)NN)[nH]c2ccccc12. The summed E-state index contributed by atoms with van der Waals surface area (Å²) in [5.74, 6) is 4.53. The zero-order valence-electron chi connectivity index (χ0n) is 11.8. The number of carbonyl (C=O) groups is 1. The van der Waals surface area contributed by atoms with Crippen LogP contribution in [0.1, 0.15) is 36.7 Å². The first-order valence-electron chi connectivity index (χ1n) is 6.85. The number of unbranched alkanes of at least 4 members (excludes halogenated alkanes) is 2. The van der Waals surface area contributed by atoms with Crippen molar-refractivity contribution in [2.75, 3.05) is 5.75 Å². The fourth-order valence-corrected chi connectivity index (χ4v) is 4.07. The van der Waals surface area contributed by atoms with Crippen molar-refractivity contribution in [1.29, 1.82) is 0 Å². The Labute approximate surface area is 123 Å². The predicted molar refractivity (Wildman–Crippen MR) is 81.5 cm³/mol. The van der Waals surface area contributed by atoms with Crippen LogP contribution in [0.15, 0.2) is 29.2 Å². The number of hydrazine groups is 1. The second kappa shape index (κ2) is 6.28. The Morgan fingerprint density at radius 2 is 2.00 bits per heavy atom. The molecule has 2 rings (SSSR count). The fraction of sp³-hybridized carbons (Fsp3) is 0.357. The summed E-state index contributed by atoms with van der Waals surface area (Å²) in [6.07, 6.45) is 2.33. The van der Waals surface area contributed by atoms with Crippen molar-refractivity contribution in [3.8, 4) is 0 Å². The highest BCUT2D eigenvalue weighted by Gasteiger charge is 2.27. The molecule has 0 atom stereocenters. The van der Waals surface area contributed by atoms with Crippen LogP contribution in [0, 0.1) is 0 Å². The fourth-order valence-electron chi connectivity index (χ4n) is 2.32. The quantitative estimate of drug-likeness (QED) is 0.327. The first-order chi connectivity index (χ1) is 10.0. The van der Waals surface area contributed by atoms with Gasteiger partial charge in [0.15, 0.2) is 9.84 Å². The normalized spacial score (nSPS) is 11.7. The van der Waals surface area contributed by atoms with Crippen LogP contribution in [0.2, 0.25) is 0 Å². The molecule has 0 unspecified atom stereocenters. The van der Waals surface area contributed by atoms with Crippen LogP contribution in [-0.2, 0) is 9.84 Å². The molecule has 7 heteroatoms. The molecule has 0 spiro atoms. The van der Waals surface area contributed by atoms with Gasteiger partial charge in [0.2, 0.25) is 0 Å². The number of nitrogen functional groups attached to an aromatic ring is 1. The molecule has 0 aliphatic heterocycles. The Hall–Kier alpha value is -1.86. The van der Waals surface area contributed by atoms with Gasteiger partial charge in [0, 0.05) is 10.9 Å². The molecule has 2 aromatic rings. The molecule has 1 amide bonds. The smallest absolute Gasteiger partial charge is 0.282 e. The van der Waals surface area contributed by atoms with Crippen LogP contribution in [0.25, 0.3) is 10.9 Å². The summed E-state index contributed by atoms with van der Waals surface area (Å²) >= 11 is 0. The second-order valence-corrected chi connectivity index (χ2v) is 6.92. The van der Waals surface area contributed by atoms with Crippen LogP contribution in [0.3, 0.4) is 0 Å². The molecule has 6 nitrogen and oxygen atoms in total. The van der Waals surface area contributed by atoms with Crippen LogP contribution >= 0.6 is 0 Å². The van der Waals surface area contributed by atoms with Crippen LogP contribution in [0.4, 0.5) is 0 Å². The topological polar surface area (TPSA) is 105 Å². The number of aromatic amines is 1. The van der Waals surface area contributed by atoms with Gasteiger partial charge in [-0.25, -0.2) is 14.3 Å². The zero-order chi connectivity index (χ0) is 15.5. The lowest BCUT2D eigenvalue weighted by Gasteiger charge is -2.06. The Morgan fingerprint density at radius 3 is 2.67 bits per heavy atom. The van der Waals surface area contributed by atoms with Gasteiger partial charge in [-0.2, -0.15) is 0 Å². The number of nitrogens with one attached hydrogen (secondary N) is 2. The molecular weight excluding hydrogens is 290 g/mol. The standard InChI is InChI=1S/C14H19N3O3S/c1-2-3-6-9-21(19,20)13-10-7-4-5-8-11(10)16-12(13)14(18)17-15/h4-5,7-8,16H,2-3,6,9,15H2,1H3,(H,17,18). The van der Waals surface area contributed by atoms with E-state index in [1.54, 1.807) is 24.3 Å². The minimum Gasteiger partial charge on any atom is -0.349 e. The van der Waals surface area contributed by atoms with Crippen molar-refractivity contribution in [2.45, 2.75) is 31.1 Å². The molecule has 1 heterocycles. The third-order valence-electron chi connectivity index (χ3n) is 3.34. The number of rotatable bonds is 6. The van der Waals surface area contributed by atoms with E-state index in [9.17, 15) is 13.2 Å². The van der Waals surface area contributed by atoms with Gasteiger partial charge in [-0.1, -0.05) is 38.0 Å². The third kappa shape index (κ3) is 3.08. The van der Waals surface area contributed by atoms with E-state index in [0.717, 1.165) is 12.8 Å². The van der Waals surface area contributed by atoms with Crippen molar-refractivity contribution < 1.29 is 13.2 Å². The van der Waals surface area contributed by atoms with Crippen molar-refractivity contribution in [1.82, 2.24) is 10.4 Å². The number of fused-ring (bicyclic) bond motifs is 1. The molecule has 4 N–H and O–H groups in total. The molecule has 0 saturated heterocycles. The summed E-state index contributed by atoms with van der Waals surface area (Å²) in [6, 6.07) is 6.93. The summed E-state index contributed by atoms with van der Waals surface area (Å²) in [5.41, 5.74) is 2.58. The predicted octanol–water partition coefficient (Wildman–Crippen LogP) is 1.74. The van der Waals surface area contributed by atoms with E-state index in [1.807, 2.05) is 12.3 Å².